The fourth-order valence-corrected chi connectivity index (χ4v) is 2.16. The Labute approximate surface area is 124 Å². The third-order valence-corrected chi connectivity index (χ3v) is 3.20. The van der Waals surface area contributed by atoms with Gasteiger partial charge in [-0.25, -0.2) is 0 Å². The molecule has 0 spiro atoms. The molecule has 1 unspecified atom stereocenters. The van der Waals surface area contributed by atoms with Gasteiger partial charge in [0.15, 0.2) is 11.5 Å². The number of hydrogen-bond acceptors (Lipinski definition) is 3. The number of carbonyl (C=O) groups excluding carboxylic acids is 1. The molecule has 0 aliphatic heterocycles. The van der Waals surface area contributed by atoms with E-state index in [4.69, 9.17) is 4.74 Å². The predicted octanol–water partition coefficient (Wildman–Crippen LogP) is 2.76. The third-order valence-electron chi connectivity index (χ3n) is 3.20. The number of amides is 1. The highest BCUT2D eigenvalue weighted by molar-refractivity contribution is 5.95. The lowest BCUT2D eigenvalue weighted by Gasteiger charge is -2.14. The van der Waals surface area contributed by atoms with E-state index in [0.717, 1.165) is 6.42 Å². The lowest BCUT2D eigenvalue weighted by Crippen LogP contribution is -2.34. The monoisotopic (exact) mass is 285 g/mol. The molecule has 0 aromatic heterocycles. The Hall–Kier alpha value is -2.49. The first kappa shape index (κ1) is 14.9. The number of carbonyl (C=O) groups is 1. The minimum atomic E-state index is -0.212. The van der Waals surface area contributed by atoms with Crippen molar-refractivity contribution in [2.24, 2.45) is 0 Å². The molecule has 0 saturated carbocycles. The molecule has 2 N–H and O–H groups in total. The molecule has 21 heavy (non-hydrogen) atoms. The number of nitrogens with one attached hydrogen (secondary N) is 1. The molecular weight excluding hydrogens is 266 g/mol. The molecule has 2 aromatic rings. The first-order valence-electron chi connectivity index (χ1n) is 6.82. The van der Waals surface area contributed by atoms with Gasteiger partial charge >= 0.3 is 0 Å². The number of phenols is 1. The van der Waals surface area contributed by atoms with Crippen molar-refractivity contribution < 1.29 is 14.6 Å². The Balaban J connectivity index is 1.99. The molecule has 1 amide bonds. The van der Waals surface area contributed by atoms with Crippen molar-refractivity contribution in [1.82, 2.24) is 5.32 Å². The second-order valence-corrected chi connectivity index (χ2v) is 4.95. The van der Waals surface area contributed by atoms with Crippen LogP contribution in [0.2, 0.25) is 0 Å². The Morgan fingerprint density at radius 3 is 2.57 bits per heavy atom. The molecule has 2 aromatic carbocycles. The molecular formula is C17H19NO3. The SMILES string of the molecule is COc1ccc(C(=O)NC(C)Cc2ccccc2)cc1O. The maximum absolute atomic E-state index is 12.1. The van der Waals surface area contributed by atoms with E-state index in [9.17, 15) is 9.90 Å². The number of rotatable bonds is 5. The van der Waals surface area contributed by atoms with E-state index >= 15 is 0 Å². The van der Waals surface area contributed by atoms with Gasteiger partial charge in [-0.2, -0.15) is 0 Å². The lowest BCUT2D eigenvalue weighted by molar-refractivity contribution is 0.0939. The Morgan fingerprint density at radius 2 is 1.95 bits per heavy atom. The summed E-state index contributed by atoms with van der Waals surface area (Å²) >= 11 is 0. The highest BCUT2D eigenvalue weighted by atomic mass is 16.5. The van der Waals surface area contributed by atoms with Gasteiger partial charge in [-0.05, 0) is 37.1 Å². The van der Waals surface area contributed by atoms with Gasteiger partial charge in [0.25, 0.3) is 5.91 Å². The van der Waals surface area contributed by atoms with Gasteiger partial charge in [0, 0.05) is 11.6 Å². The van der Waals surface area contributed by atoms with Crippen LogP contribution in [-0.2, 0) is 6.42 Å². The zero-order valence-electron chi connectivity index (χ0n) is 12.2. The van der Waals surface area contributed by atoms with Crippen molar-refractivity contribution in [3.8, 4) is 11.5 Å². The van der Waals surface area contributed by atoms with Crippen LogP contribution in [0.4, 0.5) is 0 Å². The average molecular weight is 285 g/mol. The molecule has 0 bridgehead atoms. The first-order chi connectivity index (χ1) is 10.1. The van der Waals surface area contributed by atoms with Crippen molar-refractivity contribution in [2.45, 2.75) is 19.4 Å². The minimum absolute atomic E-state index is 0.00384. The van der Waals surface area contributed by atoms with E-state index in [0.29, 0.717) is 11.3 Å². The number of phenolic OH excluding ortho intramolecular Hbond substituents is 1. The summed E-state index contributed by atoms with van der Waals surface area (Å²) in [4.78, 5) is 12.1. The zero-order valence-corrected chi connectivity index (χ0v) is 12.2. The fourth-order valence-electron chi connectivity index (χ4n) is 2.16. The smallest absolute Gasteiger partial charge is 0.251 e. The van der Waals surface area contributed by atoms with E-state index in [1.165, 1.54) is 18.7 Å². The summed E-state index contributed by atoms with van der Waals surface area (Å²) in [7, 11) is 1.47. The van der Waals surface area contributed by atoms with Crippen LogP contribution in [0.1, 0.15) is 22.8 Å². The zero-order chi connectivity index (χ0) is 15.2. The summed E-state index contributed by atoms with van der Waals surface area (Å²) in [5.74, 6) is 0.0983. The summed E-state index contributed by atoms with van der Waals surface area (Å²) in [6.07, 6.45) is 0.759. The molecule has 1 atom stereocenters. The number of methoxy groups -OCH3 is 1. The highest BCUT2D eigenvalue weighted by Gasteiger charge is 2.12. The van der Waals surface area contributed by atoms with Gasteiger partial charge in [0.05, 0.1) is 7.11 Å². The molecule has 0 fully saturated rings. The normalized spacial score (nSPS) is 11.7. The number of benzene rings is 2. The van der Waals surface area contributed by atoms with Crippen LogP contribution in [0.15, 0.2) is 48.5 Å². The first-order valence-corrected chi connectivity index (χ1v) is 6.82. The number of ether oxygens (including phenoxy) is 1. The van der Waals surface area contributed by atoms with Gasteiger partial charge < -0.3 is 15.2 Å². The van der Waals surface area contributed by atoms with E-state index in [1.54, 1.807) is 12.1 Å². The summed E-state index contributed by atoms with van der Waals surface area (Å²) in [6, 6.07) is 14.6. The van der Waals surface area contributed by atoms with Gasteiger partial charge in [0.2, 0.25) is 0 Å². The molecule has 0 aliphatic carbocycles. The summed E-state index contributed by atoms with van der Waals surface area (Å²) < 4.78 is 4.96. The summed E-state index contributed by atoms with van der Waals surface area (Å²) in [5.41, 5.74) is 1.58. The molecule has 0 radical (unpaired) electrons. The molecule has 2 rings (SSSR count). The second kappa shape index (κ2) is 6.79. The van der Waals surface area contributed by atoms with E-state index < -0.39 is 0 Å². The number of aromatic hydroxyl groups is 1. The van der Waals surface area contributed by atoms with Gasteiger partial charge in [-0.3, -0.25) is 4.79 Å². The Kier molecular flexibility index (Phi) is 4.82. The molecule has 110 valence electrons. The Morgan fingerprint density at radius 1 is 1.24 bits per heavy atom. The van der Waals surface area contributed by atoms with Gasteiger partial charge in [-0.15, -0.1) is 0 Å². The van der Waals surface area contributed by atoms with Crippen molar-refractivity contribution in [3.05, 3.63) is 59.7 Å². The van der Waals surface area contributed by atoms with Crippen molar-refractivity contribution >= 4 is 5.91 Å². The van der Waals surface area contributed by atoms with Crippen LogP contribution in [-0.4, -0.2) is 24.2 Å². The molecule has 0 aliphatic rings. The highest BCUT2D eigenvalue weighted by Crippen LogP contribution is 2.26. The van der Waals surface area contributed by atoms with Gasteiger partial charge in [0.1, 0.15) is 0 Å². The van der Waals surface area contributed by atoms with E-state index in [-0.39, 0.29) is 17.7 Å². The van der Waals surface area contributed by atoms with Crippen molar-refractivity contribution in [1.29, 1.82) is 0 Å². The summed E-state index contributed by atoms with van der Waals surface area (Å²) in [6.45, 7) is 1.95. The Bertz CT molecular complexity index is 611. The van der Waals surface area contributed by atoms with Crippen molar-refractivity contribution in [2.75, 3.05) is 7.11 Å². The van der Waals surface area contributed by atoms with Crippen LogP contribution in [0, 0.1) is 0 Å². The molecule has 4 heteroatoms. The molecule has 0 saturated heterocycles. The average Bonchev–Trinajstić information content (AvgIpc) is 2.48. The quantitative estimate of drug-likeness (QED) is 0.888. The predicted molar refractivity (Wildman–Crippen MR) is 81.7 cm³/mol. The number of hydrogen-bond donors (Lipinski definition) is 2. The third kappa shape index (κ3) is 3.99. The van der Waals surface area contributed by atoms with Crippen molar-refractivity contribution in [3.63, 3.8) is 0 Å². The largest absolute Gasteiger partial charge is 0.504 e. The van der Waals surface area contributed by atoms with Crippen LogP contribution >= 0.6 is 0 Å². The summed E-state index contributed by atoms with van der Waals surface area (Å²) in [5, 5.41) is 12.6. The minimum Gasteiger partial charge on any atom is -0.504 e. The van der Waals surface area contributed by atoms with Gasteiger partial charge in [-0.1, -0.05) is 30.3 Å². The second-order valence-electron chi connectivity index (χ2n) is 4.95. The maximum atomic E-state index is 12.1. The van der Waals surface area contributed by atoms with Crippen LogP contribution in [0.25, 0.3) is 0 Å². The van der Waals surface area contributed by atoms with Crippen LogP contribution in [0.5, 0.6) is 11.5 Å². The van der Waals surface area contributed by atoms with Crippen LogP contribution < -0.4 is 10.1 Å². The standard InChI is InChI=1S/C17H19NO3/c1-12(10-13-6-4-3-5-7-13)18-17(20)14-8-9-16(21-2)15(19)11-14/h3-9,11-12,19H,10H2,1-2H3,(H,18,20). The van der Waals surface area contributed by atoms with Crippen LogP contribution in [0.3, 0.4) is 0 Å². The lowest BCUT2D eigenvalue weighted by atomic mass is 10.1. The molecule has 4 nitrogen and oxygen atoms in total. The van der Waals surface area contributed by atoms with E-state index in [1.807, 2.05) is 37.3 Å². The maximum Gasteiger partial charge on any atom is 0.251 e. The fraction of sp³-hybridized carbons (Fsp3) is 0.235. The topological polar surface area (TPSA) is 58.6 Å². The molecule has 0 heterocycles. The van der Waals surface area contributed by atoms with E-state index in [2.05, 4.69) is 5.32 Å².